The van der Waals surface area contributed by atoms with Gasteiger partial charge >= 0.3 is 0 Å². The quantitative estimate of drug-likeness (QED) is 0.803. The average molecular weight is 234 g/mol. The second-order valence-corrected chi connectivity index (χ2v) is 4.90. The molecular weight excluding hydrogens is 216 g/mol. The van der Waals surface area contributed by atoms with Gasteiger partial charge < -0.3 is 10.6 Å². The molecule has 1 aromatic rings. The number of nitrogens with one attached hydrogen (secondary N) is 2. The number of piperidine rings is 1. The number of carbonyl (C=O) groups is 1. The number of hydrogen-bond donors (Lipinski definition) is 2. The molecule has 1 amide bonds. The molecule has 0 bridgehead atoms. The lowest BCUT2D eigenvalue weighted by Gasteiger charge is -2.34. The van der Waals surface area contributed by atoms with Gasteiger partial charge in [-0.1, -0.05) is 6.92 Å². The maximum Gasteiger partial charge on any atom is 0.252 e. The van der Waals surface area contributed by atoms with Crippen molar-refractivity contribution < 1.29 is 4.79 Å². The summed E-state index contributed by atoms with van der Waals surface area (Å²) in [6.07, 6.45) is 5.33. The van der Waals surface area contributed by atoms with Crippen molar-refractivity contribution in [3.05, 3.63) is 24.0 Å². The van der Waals surface area contributed by atoms with Crippen molar-refractivity contribution in [2.24, 2.45) is 5.41 Å². The molecule has 1 atom stereocenters. The highest BCUT2D eigenvalue weighted by Crippen LogP contribution is 2.24. The van der Waals surface area contributed by atoms with Crippen LogP contribution >= 0.6 is 0 Å². The summed E-state index contributed by atoms with van der Waals surface area (Å²) in [5.74, 6) is -0.0771. The minimum atomic E-state index is -0.0771. The molecule has 1 aromatic heterocycles. The number of hydrogen-bond acceptors (Lipinski definition) is 4. The third-order valence-electron chi connectivity index (χ3n) is 3.21. The first-order valence-electron chi connectivity index (χ1n) is 5.95. The first-order valence-corrected chi connectivity index (χ1v) is 5.95. The van der Waals surface area contributed by atoms with E-state index in [4.69, 9.17) is 0 Å². The van der Waals surface area contributed by atoms with E-state index >= 15 is 0 Å². The third-order valence-corrected chi connectivity index (χ3v) is 3.21. The summed E-state index contributed by atoms with van der Waals surface area (Å²) in [7, 11) is 0. The molecule has 2 heterocycles. The van der Waals surface area contributed by atoms with Crippen LogP contribution in [0.3, 0.4) is 0 Å². The topological polar surface area (TPSA) is 66.9 Å². The zero-order chi connectivity index (χ0) is 12.1. The lowest BCUT2D eigenvalue weighted by atomic mass is 9.83. The zero-order valence-electron chi connectivity index (χ0n) is 10.1. The molecule has 2 N–H and O–H groups in total. The molecule has 1 unspecified atom stereocenters. The van der Waals surface area contributed by atoms with Crippen molar-refractivity contribution in [2.75, 3.05) is 19.6 Å². The van der Waals surface area contributed by atoms with Crippen molar-refractivity contribution >= 4 is 5.91 Å². The van der Waals surface area contributed by atoms with Crippen LogP contribution in [0.5, 0.6) is 0 Å². The SMILES string of the molecule is CC1(CNC(=O)c2ccnnc2)CCCNC1. The Bertz CT molecular complexity index is 373. The molecule has 0 saturated carbocycles. The minimum absolute atomic E-state index is 0.0771. The van der Waals surface area contributed by atoms with Gasteiger partial charge in [-0.15, -0.1) is 0 Å². The molecule has 0 spiro atoms. The van der Waals surface area contributed by atoms with Crippen LogP contribution in [0.1, 0.15) is 30.1 Å². The van der Waals surface area contributed by atoms with E-state index in [1.165, 1.54) is 18.8 Å². The van der Waals surface area contributed by atoms with Crippen molar-refractivity contribution in [1.29, 1.82) is 0 Å². The third kappa shape index (κ3) is 3.23. The average Bonchev–Trinajstić information content (AvgIpc) is 2.38. The molecule has 0 aromatic carbocycles. The molecule has 1 fully saturated rings. The highest BCUT2D eigenvalue weighted by molar-refractivity contribution is 5.93. The van der Waals surface area contributed by atoms with E-state index in [-0.39, 0.29) is 11.3 Å². The fraction of sp³-hybridized carbons (Fsp3) is 0.583. The summed E-state index contributed by atoms with van der Waals surface area (Å²) in [5.41, 5.74) is 0.723. The molecule has 1 aliphatic rings. The molecule has 0 radical (unpaired) electrons. The van der Waals surface area contributed by atoms with E-state index in [9.17, 15) is 4.79 Å². The van der Waals surface area contributed by atoms with Crippen LogP contribution in [-0.4, -0.2) is 35.7 Å². The summed E-state index contributed by atoms with van der Waals surface area (Å²) in [6.45, 7) is 4.94. The van der Waals surface area contributed by atoms with E-state index in [0.717, 1.165) is 19.5 Å². The Labute approximate surface area is 101 Å². The lowest BCUT2D eigenvalue weighted by Crippen LogP contribution is -2.45. The van der Waals surface area contributed by atoms with Gasteiger partial charge in [-0.05, 0) is 30.9 Å². The van der Waals surface area contributed by atoms with Crippen LogP contribution in [0.2, 0.25) is 0 Å². The Balaban J connectivity index is 1.87. The monoisotopic (exact) mass is 234 g/mol. The van der Waals surface area contributed by atoms with Crippen molar-refractivity contribution in [3.63, 3.8) is 0 Å². The second kappa shape index (κ2) is 5.23. The number of rotatable bonds is 3. The number of carbonyl (C=O) groups excluding carboxylic acids is 1. The maximum atomic E-state index is 11.8. The van der Waals surface area contributed by atoms with E-state index in [1.807, 2.05) is 0 Å². The smallest absolute Gasteiger partial charge is 0.252 e. The fourth-order valence-corrected chi connectivity index (χ4v) is 2.09. The van der Waals surface area contributed by atoms with E-state index in [0.29, 0.717) is 12.1 Å². The lowest BCUT2D eigenvalue weighted by molar-refractivity contribution is 0.0924. The van der Waals surface area contributed by atoms with Gasteiger partial charge in [-0.2, -0.15) is 10.2 Å². The van der Waals surface area contributed by atoms with Gasteiger partial charge in [0.2, 0.25) is 0 Å². The Morgan fingerprint density at radius 3 is 3.12 bits per heavy atom. The van der Waals surface area contributed by atoms with Crippen molar-refractivity contribution in [3.8, 4) is 0 Å². The van der Waals surface area contributed by atoms with Crippen LogP contribution in [-0.2, 0) is 0 Å². The van der Waals surface area contributed by atoms with Crippen LogP contribution in [0, 0.1) is 5.41 Å². The van der Waals surface area contributed by atoms with Crippen molar-refractivity contribution in [1.82, 2.24) is 20.8 Å². The first kappa shape index (κ1) is 12.0. The van der Waals surface area contributed by atoms with Gasteiger partial charge in [-0.25, -0.2) is 0 Å². The molecule has 2 rings (SSSR count). The van der Waals surface area contributed by atoms with E-state index in [1.54, 1.807) is 6.07 Å². The Kier molecular flexibility index (Phi) is 3.68. The number of amides is 1. The maximum absolute atomic E-state index is 11.8. The van der Waals surface area contributed by atoms with Gasteiger partial charge in [0.1, 0.15) is 0 Å². The summed E-state index contributed by atoms with van der Waals surface area (Å²) in [5, 5.41) is 13.7. The van der Waals surface area contributed by atoms with Crippen LogP contribution in [0.15, 0.2) is 18.5 Å². The fourth-order valence-electron chi connectivity index (χ4n) is 2.09. The van der Waals surface area contributed by atoms with Gasteiger partial charge in [0.05, 0.1) is 18.0 Å². The molecular formula is C12H18N4O. The Morgan fingerprint density at radius 1 is 1.59 bits per heavy atom. The first-order chi connectivity index (χ1) is 8.20. The van der Waals surface area contributed by atoms with Gasteiger partial charge in [-0.3, -0.25) is 4.79 Å². The molecule has 1 aliphatic heterocycles. The van der Waals surface area contributed by atoms with Crippen LogP contribution < -0.4 is 10.6 Å². The predicted molar refractivity (Wildman–Crippen MR) is 64.6 cm³/mol. The Morgan fingerprint density at radius 2 is 2.47 bits per heavy atom. The molecule has 5 nitrogen and oxygen atoms in total. The summed E-state index contributed by atoms with van der Waals surface area (Å²) in [4.78, 5) is 11.8. The minimum Gasteiger partial charge on any atom is -0.351 e. The molecule has 1 saturated heterocycles. The standard InChI is InChI=1S/C12H18N4O/c1-12(4-2-5-13-8-12)9-14-11(17)10-3-6-15-16-7-10/h3,6-7,13H,2,4-5,8-9H2,1H3,(H,14,17). The van der Waals surface area contributed by atoms with E-state index in [2.05, 4.69) is 27.8 Å². The summed E-state index contributed by atoms with van der Waals surface area (Å²) >= 11 is 0. The van der Waals surface area contributed by atoms with Crippen LogP contribution in [0.4, 0.5) is 0 Å². The zero-order valence-corrected chi connectivity index (χ0v) is 10.1. The molecule has 17 heavy (non-hydrogen) atoms. The largest absolute Gasteiger partial charge is 0.351 e. The van der Waals surface area contributed by atoms with Gasteiger partial charge in [0.25, 0.3) is 5.91 Å². The number of aromatic nitrogens is 2. The molecule has 0 aliphatic carbocycles. The second-order valence-electron chi connectivity index (χ2n) is 4.90. The summed E-state index contributed by atoms with van der Waals surface area (Å²) < 4.78 is 0. The van der Waals surface area contributed by atoms with E-state index < -0.39 is 0 Å². The molecule has 5 heteroatoms. The van der Waals surface area contributed by atoms with Gasteiger partial charge in [0, 0.05) is 13.1 Å². The highest BCUT2D eigenvalue weighted by atomic mass is 16.1. The summed E-state index contributed by atoms with van der Waals surface area (Å²) in [6, 6.07) is 1.67. The van der Waals surface area contributed by atoms with Crippen LogP contribution in [0.25, 0.3) is 0 Å². The predicted octanol–water partition coefficient (Wildman–Crippen LogP) is 0.596. The molecule has 92 valence electrons. The normalized spacial score (nSPS) is 24.3. The number of nitrogens with zero attached hydrogens (tertiary/aromatic N) is 2. The highest BCUT2D eigenvalue weighted by Gasteiger charge is 2.27. The van der Waals surface area contributed by atoms with Gasteiger partial charge in [0.15, 0.2) is 0 Å². The Hall–Kier alpha value is -1.49. The van der Waals surface area contributed by atoms with Crippen molar-refractivity contribution in [2.45, 2.75) is 19.8 Å².